The Labute approximate surface area is 93.3 Å². The average molecular weight is 203 g/mol. The minimum absolute atomic E-state index is 0.144. The lowest BCUT2D eigenvalue weighted by Gasteiger charge is -2.34. The Kier molecular flexibility index (Phi) is 3.67. The zero-order valence-electron chi connectivity index (χ0n) is 10.4. The molecule has 1 aliphatic carbocycles. The molecule has 0 radical (unpaired) electrons. The van der Waals surface area contributed by atoms with Crippen LogP contribution in [-0.4, -0.2) is 6.21 Å². The normalized spacial score (nSPS) is 32.2. The first-order chi connectivity index (χ1) is 7.05. The highest BCUT2D eigenvalue weighted by atomic mass is 14.7. The van der Waals surface area contributed by atoms with Crippen LogP contribution < -0.4 is 0 Å². The molecule has 1 nitrogen and oxygen atoms in total. The SMILES string of the molecule is CC=CC1(C)C=CC(N=CC)=C(C)C1C. The van der Waals surface area contributed by atoms with Gasteiger partial charge in [0.05, 0.1) is 5.70 Å². The molecule has 0 aromatic heterocycles. The molecule has 82 valence electrons. The highest BCUT2D eigenvalue weighted by Crippen LogP contribution is 2.40. The third kappa shape index (κ3) is 2.28. The van der Waals surface area contributed by atoms with E-state index in [9.17, 15) is 0 Å². The highest BCUT2D eigenvalue weighted by Gasteiger charge is 2.30. The second kappa shape index (κ2) is 4.61. The van der Waals surface area contributed by atoms with Crippen LogP contribution in [0.15, 0.2) is 40.6 Å². The van der Waals surface area contributed by atoms with Gasteiger partial charge in [-0.05, 0) is 38.3 Å². The largest absolute Gasteiger partial charge is 0.262 e. The monoisotopic (exact) mass is 203 g/mol. The van der Waals surface area contributed by atoms with Crippen molar-refractivity contribution in [1.82, 2.24) is 0 Å². The molecule has 1 heteroatoms. The van der Waals surface area contributed by atoms with Gasteiger partial charge >= 0.3 is 0 Å². The standard InChI is InChI=1S/C14H21N/c1-6-9-14(5)10-8-13(15-7-2)11(3)12(14)4/h6-10,12H,1-5H3. The Bertz CT molecular complexity index is 344. The van der Waals surface area contributed by atoms with Crippen molar-refractivity contribution >= 4 is 6.21 Å². The van der Waals surface area contributed by atoms with E-state index in [1.165, 1.54) is 5.57 Å². The fraction of sp³-hybridized carbons (Fsp3) is 0.500. The zero-order valence-corrected chi connectivity index (χ0v) is 10.4. The van der Waals surface area contributed by atoms with Crippen LogP contribution >= 0.6 is 0 Å². The van der Waals surface area contributed by atoms with Crippen LogP contribution in [0.1, 0.15) is 34.6 Å². The molecular weight excluding hydrogens is 182 g/mol. The average Bonchev–Trinajstić information content (AvgIpc) is 2.20. The summed E-state index contributed by atoms with van der Waals surface area (Å²) in [5, 5.41) is 0. The minimum Gasteiger partial charge on any atom is -0.262 e. The minimum atomic E-state index is 0.144. The smallest absolute Gasteiger partial charge is 0.0615 e. The van der Waals surface area contributed by atoms with E-state index in [4.69, 9.17) is 0 Å². The van der Waals surface area contributed by atoms with Crippen LogP contribution in [0.25, 0.3) is 0 Å². The first-order valence-corrected chi connectivity index (χ1v) is 5.57. The van der Waals surface area contributed by atoms with Crippen molar-refractivity contribution in [3.05, 3.63) is 35.6 Å². The van der Waals surface area contributed by atoms with Crippen molar-refractivity contribution in [3.63, 3.8) is 0 Å². The molecule has 1 rings (SSSR count). The number of allylic oxidation sites excluding steroid dienone is 5. The van der Waals surface area contributed by atoms with Crippen LogP contribution in [0, 0.1) is 11.3 Å². The molecule has 0 aliphatic heterocycles. The van der Waals surface area contributed by atoms with E-state index >= 15 is 0 Å². The third-order valence-electron chi connectivity index (χ3n) is 3.38. The summed E-state index contributed by atoms with van der Waals surface area (Å²) in [5.74, 6) is 0.511. The van der Waals surface area contributed by atoms with E-state index in [1.54, 1.807) is 0 Å². The number of aliphatic imine (C=N–C) groups is 1. The Hall–Kier alpha value is -1.11. The summed E-state index contributed by atoms with van der Waals surface area (Å²) in [5.41, 5.74) is 2.63. The molecule has 1 aliphatic rings. The maximum atomic E-state index is 4.38. The maximum Gasteiger partial charge on any atom is 0.0615 e. The number of hydrogen-bond acceptors (Lipinski definition) is 1. The Morgan fingerprint density at radius 3 is 2.60 bits per heavy atom. The van der Waals surface area contributed by atoms with E-state index in [0.29, 0.717) is 5.92 Å². The molecule has 0 spiro atoms. The van der Waals surface area contributed by atoms with E-state index < -0.39 is 0 Å². The topological polar surface area (TPSA) is 12.4 Å². The van der Waals surface area contributed by atoms with Crippen molar-refractivity contribution < 1.29 is 0 Å². The predicted molar refractivity (Wildman–Crippen MR) is 68.1 cm³/mol. The summed E-state index contributed by atoms with van der Waals surface area (Å²) < 4.78 is 0. The fourth-order valence-corrected chi connectivity index (χ4v) is 2.07. The lowest BCUT2D eigenvalue weighted by molar-refractivity contribution is 0.394. The summed E-state index contributed by atoms with van der Waals surface area (Å²) >= 11 is 0. The summed E-state index contributed by atoms with van der Waals surface area (Å²) in [6, 6.07) is 0. The molecule has 0 aromatic carbocycles. The van der Waals surface area contributed by atoms with Crippen molar-refractivity contribution in [2.24, 2.45) is 16.3 Å². The van der Waals surface area contributed by atoms with Gasteiger partial charge in [0.1, 0.15) is 0 Å². The molecule has 15 heavy (non-hydrogen) atoms. The lowest BCUT2D eigenvalue weighted by Crippen LogP contribution is -2.24. The van der Waals surface area contributed by atoms with Crippen LogP contribution in [-0.2, 0) is 0 Å². The van der Waals surface area contributed by atoms with Gasteiger partial charge in [0.15, 0.2) is 0 Å². The molecular formula is C14H21N. The van der Waals surface area contributed by atoms with E-state index in [2.05, 4.69) is 57.0 Å². The lowest BCUT2D eigenvalue weighted by atomic mass is 9.71. The Morgan fingerprint density at radius 1 is 1.40 bits per heavy atom. The van der Waals surface area contributed by atoms with Gasteiger partial charge in [0.2, 0.25) is 0 Å². The summed E-state index contributed by atoms with van der Waals surface area (Å²) in [6.45, 7) is 10.7. The van der Waals surface area contributed by atoms with Crippen LogP contribution in [0.4, 0.5) is 0 Å². The van der Waals surface area contributed by atoms with Crippen molar-refractivity contribution in [2.75, 3.05) is 0 Å². The van der Waals surface area contributed by atoms with Gasteiger partial charge in [-0.3, -0.25) is 4.99 Å². The molecule has 2 atom stereocenters. The van der Waals surface area contributed by atoms with E-state index in [1.807, 2.05) is 13.1 Å². The van der Waals surface area contributed by atoms with Gasteiger partial charge in [-0.1, -0.05) is 32.1 Å². The molecule has 0 aromatic rings. The van der Waals surface area contributed by atoms with Gasteiger partial charge in [0.25, 0.3) is 0 Å². The summed E-state index contributed by atoms with van der Waals surface area (Å²) in [6.07, 6.45) is 10.6. The van der Waals surface area contributed by atoms with Gasteiger partial charge in [-0.25, -0.2) is 0 Å². The molecule has 0 heterocycles. The first-order valence-electron chi connectivity index (χ1n) is 5.57. The van der Waals surface area contributed by atoms with Crippen LogP contribution in [0.2, 0.25) is 0 Å². The second-order valence-electron chi connectivity index (χ2n) is 4.38. The second-order valence-corrected chi connectivity index (χ2v) is 4.38. The maximum absolute atomic E-state index is 4.38. The van der Waals surface area contributed by atoms with Crippen molar-refractivity contribution in [3.8, 4) is 0 Å². The molecule has 0 saturated carbocycles. The third-order valence-corrected chi connectivity index (χ3v) is 3.38. The van der Waals surface area contributed by atoms with Gasteiger partial charge in [-0.2, -0.15) is 0 Å². The molecule has 0 bridgehead atoms. The molecule has 2 unspecified atom stereocenters. The Balaban J connectivity index is 3.08. The first kappa shape index (κ1) is 12.0. The van der Waals surface area contributed by atoms with Crippen molar-refractivity contribution in [2.45, 2.75) is 34.6 Å². The molecule has 0 fully saturated rings. The quantitative estimate of drug-likeness (QED) is 0.472. The Morgan fingerprint density at radius 2 is 2.07 bits per heavy atom. The molecule has 0 N–H and O–H groups in total. The van der Waals surface area contributed by atoms with Gasteiger partial charge in [-0.15, -0.1) is 0 Å². The number of rotatable bonds is 2. The van der Waals surface area contributed by atoms with Crippen molar-refractivity contribution in [1.29, 1.82) is 0 Å². The highest BCUT2D eigenvalue weighted by molar-refractivity contribution is 5.57. The van der Waals surface area contributed by atoms with E-state index in [-0.39, 0.29) is 5.41 Å². The van der Waals surface area contributed by atoms with Crippen LogP contribution in [0.3, 0.4) is 0 Å². The van der Waals surface area contributed by atoms with E-state index in [0.717, 1.165) is 5.70 Å². The fourth-order valence-electron chi connectivity index (χ4n) is 2.07. The number of hydrogen-bond donors (Lipinski definition) is 0. The molecule has 0 amide bonds. The zero-order chi connectivity index (χ0) is 11.5. The summed E-state index contributed by atoms with van der Waals surface area (Å²) in [4.78, 5) is 4.38. The summed E-state index contributed by atoms with van der Waals surface area (Å²) in [7, 11) is 0. The molecule has 0 saturated heterocycles. The van der Waals surface area contributed by atoms with Gasteiger partial charge in [0, 0.05) is 11.6 Å². The number of nitrogens with zero attached hydrogens (tertiary/aromatic N) is 1. The van der Waals surface area contributed by atoms with Gasteiger partial charge < -0.3 is 0 Å². The van der Waals surface area contributed by atoms with Crippen LogP contribution in [0.5, 0.6) is 0 Å². The predicted octanol–water partition coefficient (Wildman–Crippen LogP) is 4.14.